The number of carbonyl (C=O) groups excluding carboxylic acids is 1. The Morgan fingerprint density at radius 1 is 1.44 bits per heavy atom. The maximum atomic E-state index is 12.4. The van der Waals surface area contributed by atoms with Crippen molar-refractivity contribution in [2.24, 2.45) is 0 Å². The van der Waals surface area contributed by atoms with Crippen LogP contribution in [0, 0.1) is 13.8 Å². The summed E-state index contributed by atoms with van der Waals surface area (Å²) in [5.41, 5.74) is 3.32. The van der Waals surface area contributed by atoms with Crippen molar-refractivity contribution in [3.05, 3.63) is 29.3 Å². The number of hydrogen-bond acceptors (Lipinski definition) is 2. The summed E-state index contributed by atoms with van der Waals surface area (Å²) in [5.74, 6) is 0.101. The van der Waals surface area contributed by atoms with Gasteiger partial charge in [0.05, 0.1) is 0 Å². The average molecular weight is 247 g/mol. The van der Waals surface area contributed by atoms with Crippen molar-refractivity contribution in [2.75, 3.05) is 18.1 Å². The highest BCUT2D eigenvalue weighted by molar-refractivity contribution is 5.97. The molecule has 1 heterocycles. The molecule has 0 N–H and O–H groups in total. The molecular weight excluding hydrogens is 226 g/mol. The molecule has 3 nitrogen and oxygen atoms in total. The lowest BCUT2D eigenvalue weighted by atomic mass is 10.1. The molecule has 18 heavy (non-hydrogen) atoms. The molecule has 0 bridgehead atoms. The molecule has 1 saturated heterocycles. The fraction of sp³-hybridized carbons (Fsp3) is 0.533. The predicted octanol–water partition coefficient (Wildman–Crippen LogP) is 2.84. The zero-order valence-corrected chi connectivity index (χ0v) is 11.4. The van der Waals surface area contributed by atoms with Gasteiger partial charge in [0, 0.05) is 18.8 Å². The molecule has 0 aromatic heterocycles. The normalized spacial score (nSPS) is 18.9. The Kier molecular flexibility index (Phi) is 4.02. The lowest BCUT2D eigenvalue weighted by Gasteiger charge is -2.25. The van der Waals surface area contributed by atoms with Crippen LogP contribution >= 0.6 is 0 Å². The minimum atomic E-state index is -0.245. The Labute approximate surface area is 109 Å². The first-order chi connectivity index (χ1) is 8.63. The first-order valence-electron chi connectivity index (χ1n) is 6.63. The maximum Gasteiger partial charge on any atom is 0.256 e. The SMILES string of the molecule is CCN(C(=O)C1CCCO1)c1cc(C)ccc1C. The van der Waals surface area contributed by atoms with Gasteiger partial charge in [-0.2, -0.15) is 0 Å². The van der Waals surface area contributed by atoms with Crippen molar-refractivity contribution in [1.29, 1.82) is 0 Å². The second-order valence-electron chi connectivity index (χ2n) is 4.87. The molecule has 0 saturated carbocycles. The molecule has 1 atom stereocenters. The van der Waals surface area contributed by atoms with E-state index in [0.29, 0.717) is 13.2 Å². The van der Waals surface area contributed by atoms with Crippen LogP contribution in [-0.4, -0.2) is 25.2 Å². The highest BCUT2D eigenvalue weighted by Crippen LogP contribution is 2.24. The van der Waals surface area contributed by atoms with Crippen molar-refractivity contribution < 1.29 is 9.53 Å². The van der Waals surface area contributed by atoms with Gasteiger partial charge in [0.25, 0.3) is 5.91 Å². The van der Waals surface area contributed by atoms with Crippen LogP contribution in [-0.2, 0) is 9.53 Å². The van der Waals surface area contributed by atoms with Crippen molar-refractivity contribution >= 4 is 11.6 Å². The monoisotopic (exact) mass is 247 g/mol. The molecule has 1 fully saturated rings. The van der Waals surface area contributed by atoms with Crippen LogP contribution in [0.1, 0.15) is 30.9 Å². The number of ether oxygens (including phenoxy) is 1. The number of benzene rings is 1. The summed E-state index contributed by atoms with van der Waals surface area (Å²) >= 11 is 0. The Bertz CT molecular complexity index is 436. The third kappa shape index (κ3) is 2.56. The molecule has 0 aliphatic carbocycles. The standard InChI is InChI=1S/C15H21NO2/c1-4-16(15(17)14-6-5-9-18-14)13-10-11(2)7-8-12(13)3/h7-8,10,14H,4-6,9H2,1-3H3. The average Bonchev–Trinajstić information content (AvgIpc) is 2.88. The van der Waals surface area contributed by atoms with E-state index in [1.54, 1.807) is 0 Å². The molecule has 0 radical (unpaired) electrons. The van der Waals surface area contributed by atoms with E-state index in [1.807, 2.05) is 25.7 Å². The van der Waals surface area contributed by atoms with Gasteiger partial charge in [-0.15, -0.1) is 0 Å². The number of carbonyl (C=O) groups is 1. The number of nitrogens with zero attached hydrogens (tertiary/aromatic N) is 1. The van der Waals surface area contributed by atoms with Gasteiger partial charge in [-0.25, -0.2) is 0 Å². The summed E-state index contributed by atoms with van der Waals surface area (Å²) in [7, 11) is 0. The van der Waals surface area contributed by atoms with Gasteiger partial charge in [0.2, 0.25) is 0 Å². The molecule has 1 aliphatic rings. The first kappa shape index (κ1) is 13.1. The number of likely N-dealkylation sites (N-methyl/N-ethyl adjacent to an activating group) is 1. The summed E-state index contributed by atoms with van der Waals surface area (Å²) < 4.78 is 5.50. The van der Waals surface area contributed by atoms with E-state index in [9.17, 15) is 4.79 Å². The molecular formula is C15H21NO2. The van der Waals surface area contributed by atoms with E-state index in [-0.39, 0.29) is 12.0 Å². The van der Waals surface area contributed by atoms with Crippen LogP contribution in [0.3, 0.4) is 0 Å². The zero-order chi connectivity index (χ0) is 13.1. The fourth-order valence-corrected chi connectivity index (χ4v) is 2.40. The van der Waals surface area contributed by atoms with Crippen LogP contribution in [0.4, 0.5) is 5.69 Å². The number of anilines is 1. The molecule has 1 amide bonds. The Morgan fingerprint density at radius 2 is 2.22 bits per heavy atom. The van der Waals surface area contributed by atoms with Crippen LogP contribution in [0.5, 0.6) is 0 Å². The van der Waals surface area contributed by atoms with Crippen LogP contribution < -0.4 is 4.90 Å². The molecule has 1 aliphatic heterocycles. The number of hydrogen-bond donors (Lipinski definition) is 0. The third-order valence-corrected chi connectivity index (χ3v) is 3.44. The number of rotatable bonds is 3. The summed E-state index contributed by atoms with van der Waals surface area (Å²) in [4.78, 5) is 14.3. The fourth-order valence-electron chi connectivity index (χ4n) is 2.40. The summed E-state index contributed by atoms with van der Waals surface area (Å²) in [6, 6.07) is 6.21. The van der Waals surface area contributed by atoms with E-state index in [1.165, 1.54) is 5.56 Å². The van der Waals surface area contributed by atoms with Crippen molar-refractivity contribution in [1.82, 2.24) is 0 Å². The van der Waals surface area contributed by atoms with E-state index in [4.69, 9.17) is 4.74 Å². The van der Waals surface area contributed by atoms with E-state index < -0.39 is 0 Å². The second kappa shape index (κ2) is 5.53. The van der Waals surface area contributed by atoms with E-state index in [0.717, 1.165) is 24.1 Å². The molecule has 1 unspecified atom stereocenters. The summed E-state index contributed by atoms with van der Waals surface area (Å²) in [6.45, 7) is 7.49. The molecule has 1 aromatic carbocycles. The summed E-state index contributed by atoms with van der Waals surface area (Å²) in [6.07, 6.45) is 1.59. The van der Waals surface area contributed by atoms with E-state index in [2.05, 4.69) is 18.2 Å². The van der Waals surface area contributed by atoms with Gasteiger partial charge in [-0.1, -0.05) is 12.1 Å². The molecule has 98 valence electrons. The van der Waals surface area contributed by atoms with Gasteiger partial charge < -0.3 is 9.64 Å². The van der Waals surface area contributed by atoms with Crippen molar-refractivity contribution in [3.8, 4) is 0 Å². The second-order valence-corrected chi connectivity index (χ2v) is 4.87. The third-order valence-electron chi connectivity index (χ3n) is 3.44. The first-order valence-corrected chi connectivity index (χ1v) is 6.63. The minimum absolute atomic E-state index is 0.101. The van der Waals surface area contributed by atoms with E-state index >= 15 is 0 Å². The van der Waals surface area contributed by atoms with Crippen LogP contribution in [0.15, 0.2) is 18.2 Å². The minimum Gasteiger partial charge on any atom is -0.368 e. The lowest BCUT2D eigenvalue weighted by Crippen LogP contribution is -2.39. The summed E-state index contributed by atoms with van der Waals surface area (Å²) in [5, 5.41) is 0. The van der Waals surface area contributed by atoms with Crippen LogP contribution in [0.2, 0.25) is 0 Å². The lowest BCUT2D eigenvalue weighted by molar-refractivity contribution is -0.127. The van der Waals surface area contributed by atoms with Gasteiger partial charge in [-0.05, 0) is 50.8 Å². The number of aryl methyl sites for hydroxylation is 2. The van der Waals surface area contributed by atoms with Gasteiger partial charge in [0.15, 0.2) is 0 Å². The molecule has 0 spiro atoms. The predicted molar refractivity (Wildman–Crippen MR) is 72.9 cm³/mol. The maximum absolute atomic E-state index is 12.4. The molecule has 3 heteroatoms. The van der Waals surface area contributed by atoms with Crippen LogP contribution in [0.25, 0.3) is 0 Å². The van der Waals surface area contributed by atoms with Gasteiger partial charge >= 0.3 is 0 Å². The number of amides is 1. The Balaban J connectivity index is 2.26. The highest BCUT2D eigenvalue weighted by Gasteiger charge is 2.28. The highest BCUT2D eigenvalue weighted by atomic mass is 16.5. The Morgan fingerprint density at radius 3 is 2.83 bits per heavy atom. The van der Waals surface area contributed by atoms with Crippen molar-refractivity contribution in [2.45, 2.75) is 39.7 Å². The van der Waals surface area contributed by atoms with Gasteiger partial charge in [0.1, 0.15) is 6.10 Å². The topological polar surface area (TPSA) is 29.5 Å². The molecule has 2 rings (SSSR count). The Hall–Kier alpha value is -1.35. The smallest absolute Gasteiger partial charge is 0.256 e. The van der Waals surface area contributed by atoms with Gasteiger partial charge in [-0.3, -0.25) is 4.79 Å². The molecule has 1 aromatic rings. The van der Waals surface area contributed by atoms with Crippen molar-refractivity contribution in [3.63, 3.8) is 0 Å². The largest absolute Gasteiger partial charge is 0.368 e. The zero-order valence-electron chi connectivity index (χ0n) is 11.4. The quantitative estimate of drug-likeness (QED) is 0.822.